The average Bonchev–Trinajstić information content (AvgIpc) is 1.99. The number of aromatic nitrogens is 1. The van der Waals surface area contributed by atoms with Crippen LogP contribution >= 0.6 is 15.9 Å². The summed E-state index contributed by atoms with van der Waals surface area (Å²) in [6.45, 7) is 1.37. The van der Waals surface area contributed by atoms with E-state index in [2.05, 4.69) is 20.9 Å². The number of aryl methyl sites for hydroxylation is 1. The van der Waals surface area contributed by atoms with Crippen molar-refractivity contribution in [3.63, 3.8) is 0 Å². The number of nitrogens with two attached hydrogens (primary N) is 1. The van der Waals surface area contributed by atoms with Crippen LogP contribution in [0.15, 0.2) is 15.6 Å². The van der Waals surface area contributed by atoms with Gasteiger partial charge in [-0.15, -0.1) is 0 Å². The summed E-state index contributed by atoms with van der Waals surface area (Å²) in [4.78, 5) is 3.14. The van der Waals surface area contributed by atoms with Crippen molar-refractivity contribution >= 4 is 26.0 Å². The third kappa shape index (κ3) is 2.70. The van der Waals surface area contributed by atoms with Crippen LogP contribution in [0.1, 0.15) is 17.7 Å². The Morgan fingerprint density at radius 2 is 2.07 bits per heavy atom. The summed E-state index contributed by atoms with van der Waals surface area (Å²) in [7, 11) is -3.96. The third-order valence-electron chi connectivity index (χ3n) is 1.65. The van der Waals surface area contributed by atoms with E-state index in [0.29, 0.717) is 0 Å². The molecule has 0 unspecified atom stereocenters. The quantitative estimate of drug-likeness (QED) is 0.846. The summed E-state index contributed by atoms with van der Waals surface area (Å²) in [5, 5.41) is 4.90. The van der Waals surface area contributed by atoms with Gasteiger partial charge in [-0.2, -0.15) is 0 Å². The Hall–Kier alpha value is -0.600. The van der Waals surface area contributed by atoms with Crippen molar-refractivity contribution in [3.8, 4) is 0 Å². The van der Waals surface area contributed by atoms with Gasteiger partial charge in [0, 0.05) is 0 Å². The Balaban J connectivity index is 3.48. The summed E-state index contributed by atoms with van der Waals surface area (Å²) < 4.78 is 46.5. The molecule has 0 aromatic carbocycles. The molecular formula is C7H7BrF2N2O2S. The molecule has 2 N–H and O–H groups in total. The molecule has 8 heteroatoms. The molecule has 84 valence electrons. The fourth-order valence-corrected chi connectivity index (χ4v) is 3.08. The van der Waals surface area contributed by atoms with Gasteiger partial charge in [-0.25, -0.2) is 27.3 Å². The number of pyridine rings is 1. The van der Waals surface area contributed by atoms with E-state index >= 15 is 0 Å². The second-order valence-electron chi connectivity index (χ2n) is 2.83. The first-order chi connectivity index (χ1) is 6.73. The largest absolute Gasteiger partial charge is 0.280 e. The first-order valence-electron chi connectivity index (χ1n) is 3.71. The van der Waals surface area contributed by atoms with Gasteiger partial charge in [-0.3, -0.25) is 0 Å². The Morgan fingerprint density at radius 3 is 2.40 bits per heavy atom. The molecule has 1 rings (SSSR count). The highest BCUT2D eigenvalue weighted by atomic mass is 79.9. The number of rotatable bonds is 2. The molecule has 0 spiro atoms. The van der Waals surface area contributed by atoms with Crippen LogP contribution in [-0.2, 0) is 10.0 Å². The molecule has 0 saturated heterocycles. The highest BCUT2D eigenvalue weighted by molar-refractivity contribution is 9.10. The maximum absolute atomic E-state index is 12.3. The minimum absolute atomic E-state index is 0.134. The monoisotopic (exact) mass is 300 g/mol. The van der Waals surface area contributed by atoms with Gasteiger partial charge < -0.3 is 0 Å². The van der Waals surface area contributed by atoms with Crippen molar-refractivity contribution in [2.75, 3.05) is 0 Å². The van der Waals surface area contributed by atoms with Crippen LogP contribution in [0.4, 0.5) is 8.78 Å². The van der Waals surface area contributed by atoms with Gasteiger partial charge in [-0.1, -0.05) is 0 Å². The molecule has 0 atom stereocenters. The molecule has 0 aliphatic heterocycles. The molecular weight excluding hydrogens is 294 g/mol. The number of sulfonamides is 1. The SMILES string of the molecule is Cc1cc(C(F)F)nc(Br)c1S(N)(=O)=O. The number of hydrogen-bond acceptors (Lipinski definition) is 3. The first-order valence-corrected chi connectivity index (χ1v) is 6.05. The van der Waals surface area contributed by atoms with E-state index in [-0.39, 0.29) is 15.1 Å². The van der Waals surface area contributed by atoms with Crippen LogP contribution in [-0.4, -0.2) is 13.4 Å². The summed E-state index contributed by atoms with van der Waals surface area (Å²) in [6.07, 6.45) is -2.76. The fraction of sp³-hybridized carbons (Fsp3) is 0.286. The lowest BCUT2D eigenvalue weighted by Crippen LogP contribution is -2.15. The highest BCUT2D eigenvalue weighted by Crippen LogP contribution is 2.27. The summed E-state index contributed by atoms with van der Waals surface area (Å²) in [6, 6.07) is 0.995. The topological polar surface area (TPSA) is 73.0 Å². The second-order valence-corrected chi connectivity index (χ2v) is 5.08. The van der Waals surface area contributed by atoms with Crippen LogP contribution < -0.4 is 5.14 Å². The molecule has 1 aromatic heterocycles. The normalized spacial score (nSPS) is 12.1. The molecule has 0 aliphatic carbocycles. The van der Waals surface area contributed by atoms with Crippen LogP contribution in [0.3, 0.4) is 0 Å². The Kier molecular flexibility index (Phi) is 3.41. The number of primary sulfonamides is 1. The molecule has 4 nitrogen and oxygen atoms in total. The summed E-state index contributed by atoms with van der Waals surface area (Å²) in [5.74, 6) is 0. The smallest absolute Gasteiger partial charge is 0.238 e. The Morgan fingerprint density at radius 1 is 1.53 bits per heavy atom. The van der Waals surface area contributed by atoms with Gasteiger partial charge in [-0.05, 0) is 34.5 Å². The number of nitrogens with zero attached hydrogens (tertiary/aromatic N) is 1. The number of hydrogen-bond donors (Lipinski definition) is 1. The van der Waals surface area contributed by atoms with Crippen LogP contribution in [0.5, 0.6) is 0 Å². The van der Waals surface area contributed by atoms with Gasteiger partial charge >= 0.3 is 0 Å². The van der Waals surface area contributed by atoms with E-state index in [0.717, 1.165) is 6.07 Å². The minimum Gasteiger partial charge on any atom is -0.238 e. The highest BCUT2D eigenvalue weighted by Gasteiger charge is 2.20. The van der Waals surface area contributed by atoms with Crippen LogP contribution in [0, 0.1) is 6.92 Å². The minimum atomic E-state index is -3.96. The summed E-state index contributed by atoms with van der Waals surface area (Å²) in [5.41, 5.74) is -0.360. The zero-order valence-corrected chi connectivity index (χ0v) is 9.94. The van der Waals surface area contributed by atoms with E-state index in [1.165, 1.54) is 6.92 Å². The van der Waals surface area contributed by atoms with Crippen LogP contribution in [0.25, 0.3) is 0 Å². The standard InChI is InChI=1S/C7H7BrF2N2O2S/c1-3-2-4(7(9)10)12-6(8)5(3)15(11,13)14/h2,7H,1H3,(H2,11,13,14). The van der Waals surface area contributed by atoms with Crippen molar-refractivity contribution in [1.29, 1.82) is 0 Å². The maximum Gasteiger partial charge on any atom is 0.280 e. The lowest BCUT2D eigenvalue weighted by molar-refractivity contribution is 0.145. The van der Waals surface area contributed by atoms with E-state index in [1.807, 2.05) is 0 Å². The van der Waals surface area contributed by atoms with E-state index in [4.69, 9.17) is 5.14 Å². The lowest BCUT2D eigenvalue weighted by Gasteiger charge is -2.07. The number of alkyl halides is 2. The molecule has 1 heterocycles. The van der Waals surface area contributed by atoms with E-state index < -0.39 is 22.1 Å². The van der Waals surface area contributed by atoms with Crippen molar-refractivity contribution in [2.24, 2.45) is 5.14 Å². The third-order valence-corrected chi connectivity index (χ3v) is 3.57. The lowest BCUT2D eigenvalue weighted by atomic mass is 10.2. The van der Waals surface area contributed by atoms with Crippen molar-refractivity contribution in [2.45, 2.75) is 18.2 Å². The molecule has 0 radical (unpaired) electrons. The summed E-state index contributed by atoms with van der Waals surface area (Å²) >= 11 is 2.80. The second kappa shape index (κ2) is 4.11. The molecule has 0 bridgehead atoms. The van der Waals surface area contributed by atoms with Crippen molar-refractivity contribution in [1.82, 2.24) is 4.98 Å². The average molecular weight is 301 g/mol. The fourth-order valence-electron chi connectivity index (χ4n) is 1.10. The predicted molar refractivity (Wildman–Crippen MR) is 53.0 cm³/mol. The van der Waals surface area contributed by atoms with Gasteiger partial charge in [0.2, 0.25) is 10.0 Å². The Bertz CT molecular complexity index is 467. The van der Waals surface area contributed by atoms with E-state index in [9.17, 15) is 17.2 Å². The van der Waals surface area contributed by atoms with Gasteiger partial charge in [0.15, 0.2) is 0 Å². The zero-order chi connectivity index (χ0) is 11.8. The van der Waals surface area contributed by atoms with E-state index in [1.54, 1.807) is 0 Å². The predicted octanol–water partition coefficient (Wildman–Crippen LogP) is 1.74. The molecule has 0 saturated carbocycles. The first kappa shape index (κ1) is 12.5. The molecule has 15 heavy (non-hydrogen) atoms. The van der Waals surface area contributed by atoms with Gasteiger partial charge in [0.25, 0.3) is 6.43 Å². The van der Waals surface area contributed by atoms with Crippen molar-refractivity contribution in [3.05, 3.63) is 21.9 Å². The number of halogens is 3. The van der Waals surface area contributed by atoms with Crippen molar-refractivity contribution < 1.29 is 17.2 Å². The van der Waals surface area contributed by atoms with Gasteiger partial charge in [0.1, 0.15) is 15.2 Å². The molecule has 0 fully saturated rings. The zero-order valence-electron chi connectivity index (χ0n) is 7.54. The molecule has 0 amide bonds. The Labute approximate surface area is 93.7 Å². The molecule has 1 aromatic rings. The van der Waals surface area contributed by atoms with Gasteiger partial charge in [0.05, 0.1) is 0 Å². The maximum atomic E-state index is 12.3. The molecule has 0 aliphatic rings. The van der Waals surface area contributed by atoms with Crippen LogP contribution in [0.2, 0.25) is 0 Å².